The van der Waals surface area contributed by atoms with Gasteiger partial charge in [-0.05, 0) is 60.4 Å². The fourth-order valence-electron chi connectivity index (χ4n) is 5.65. The van der Waals surface area contributed by atoms with Crippen LogP contribution < -0.4 is 5.32 Å². The molecule has 6 nitrogen and oxygen atoms in total. The minimum atomic E-state index is -0.745. The molecule has 1 heterocycles. The SMILES string of the molecule is Cc1noc(-c2ccc(-c3ccc(C4(C(=O)O)CC4)cc3)cc2)c1C(O)CNC1CCc2ccccc21. The Balaban J connectivity index is 1.17. The number of aromatic nitrogens is 1. The molecule has 4 aromatic rings. The van der Waals surface area contributed by atoms with Gasteiger partial charge >= 0.3 is 5.97 Å². The Morgan fingerprint density at radius 2 is 1.68 bits per heavy atom. The topological polar surface area (TPSA) is 95.6 Å². The van der Waals surface area contributed by atoms with Crippen LogP contribution >= 0.6 is 0 Å². The van der Waals surface area contributed by atoms with E-state index in [0.29, 0.717) is 36.4 Å². The van der Waals surface area contributed by atoms with E-state index in [4.69, 9.17) is 4.52 Å². The molecule has 37 heavy (non-hydrogen) atoms. The number of nitrogens with zero attached hydrogens (tertiary/aromatic N) is 1. The van der Waals surface area contributed by atoms with E-state index in [1.54, 1.807) is 0 Å². The lowest BCUT2D eigenvalue weighted by Gasteiger charge is -2.18. The number of aliphatic hydroxyl groups is 1. The molecule has 0 spiro atoms. The number of aliphatic hydroxyl groups excluding tert-OH is 1. The third kappa shape index (κ3) is 4.26. The average Bonchev–Trinajstić information content (AvgIpc) is 3.51. The lowest BCUT2D eigenvalue weighted by molar-refractivity contribution is -0.140. The van der Waals surface area contributed by atoms with Gasteiger partial charge in [0.1, 0.15) is 0 Å². The van der Waals surface area contributed by atoms with E-state index in [-0.39, 0.29) is 6.04 Å². The van der Waals surface area contributed by atoms with Gasteiger partial charge in [0.2, 0.25) is 0 Å². The molecule has 0 radical (unpaired) electrons. The van der Waals surface area contributed by atoms with E-state index in [2.05, 4.69) is 34.7 Å². The molecule has 1 fully saturated rings. The molecule has 188 valence electrons. The van der Waals surface area contributed by atoms with E-state index >= 15 is 0 Å². The molecule has 2 atom stereocenters. The summed E-state index contributed by atoms with van der Waals surface area (Å²) in [6.45, 7) is 2.27. The predicted molar refractivity (Wildman–Crippen MR) is 141 cm³/mol. The largest absolute Gasteiger partial charge is 0.481 e. The van der Waals surface area contributed by atoms with Crippen LogP contribution in [-0.4, -0.2) is 27.9 Å². The van der Waals surface area contributed by atoms with Gasteiger partial charge in [0.05, 0.1) is 22.8 Å². The second-order valence-corrected chi connectivity index (χ2v) is 10.3. The van der Waals surface area contributed by atoms with Crippen molar-refractivity contribution in [3.05, 3.63) is 101 Å². The quantitative estimate of drug-likeness (QED) is 0.289. The van der Waals surface area contributed by atoms with Crippen molar-refractivity contribution in [3.8, 4) is 22.5 Å². The highest BCUT2D eigenvalue weighted by molar-refractivity contribution is 5.85. The summed E-state index contributed by atoms with van der Waals surface area (Å²) in [6.07, 6.45) is 2.73. The fraction of sp³-hybridized carbons (Fsp3) is 0.290. The van der Waals surface area contributed by atoms with E-state index in [9.17, 15) is 15.0 Å². The Morgan fingerprint density at radius 3 is 2.35 bits per heavy atom. The summed E-state index contributed by atoms with van der Waals surface area (Å²) >= 11 is 0. The first-order valence-corrected chi connectivity index (χ1v) is 12.9. The lowest BCUT2D eigenvalue weighted by Crippen LogP contribution is -2.25. The number of fused-ring (bicyclic) bond motifs is 1. The van der Waals surface area contributed by atoms with Crippen molar-refractivity contribution >= 4 is 5.97 Å². The van der Waals surface area contributed by atoms with Crippen LogP contribution in [0.5, 0.6) is 0 Å². The van der Waals surface area contributed by atoms with Gasteiger partial charge in [-0.3, -0.25) is 4.79 Å². The van der Waals surface area contributed by atoms with Gasteiger partial charge in [0.25, 0.3) is 0 Å². The molecule has 2 unspecified atom stereocenters. The molecule has 2 aliphatic rings. The zero-order valence-corrected chi connectivity index (χ0v) is 20.8. The van der Waals surface area contributed by atoms with Crippen LogP contribution in [0.4, 0.5) is 0 Å². The number of carbonyl (C=O) groups is 1. The molecular weight excluding hydrogens is 464 g/mol. The van der Waals surface area contributed by atoms with E-state index in [1.807, 2.05) is 55.5 Å². The van der Waals surface area contributed by atoms with Crippen LogP contribution in [0.3, 0.4) is 0 Å². The van der Waals surface area contributed by atoms with Gasteiger partial charge in [-0.1, -0.05) is 78.0 Å². The highest BCUT2D eigenvalue weighted by atomic mass is 16.5. The first-order valence-electron chi connectivity index (χ1n) is 12.9. The summed E-state index contributed by atoms with van der Waals surface area (Å²) in [4.78, 5) is 11.6. The van der Waals surface area contributed by atoms with Gasteiger partial charge in [-0.25, -0.2) is 0 Å². The predicted octanol–water partition coefficient (Wildman–Crippen LogP) is 5.74. The van der Waals surface area contributed by atoms with Crippen LogP contribution in [0.2, 0.25) is 0 Å². The average molecular weight is 495 g/mol. The molecule has 3 aromatic carbocycles. The third-order valence-corrected chi connectivity index (χ3v) is 8.01. The molecular formula is C31H30N2O4. The van der Waals surface area contributed by atoms with Crippen molar-refractivity contribution in [2.75, 3.05) is 6.54 Å². The number of nitrogens with one attached hydrogen (secondary N) is 1. The number of hydrogen-bond donors (Lipinski definition) is 3. The van der Waals surface area contributed by atoms with Crippen LogP contribution in [0, 0.1) is 6.92 Å². The van der Waals surface area contributed by atoms with Gasteiger partial charge in [0, 0.05) is 18.2 Å². The first-order chi connectivity index (χ1) is 18.0. The van der Waals surface area contributed by atoms with Crippen LogP contribution in [0.1, 0.15) is 59.4 Å². The third-order valence-electron chi connectivity index (χ3n) is 8.01. The number of aliphatic carboxylic acids is 1. The summed E-state index contributed by atoms with van der Waals surface area (Å²) in [5.74, 6) is -0.161. The summed E-state index contributed by atoms with van der Waals surface area (Å²) in [7, 11) is 0. The molecule has 6 rings (SSSR count). The van der Waals surface area contributed by atoms with Gasteiger partial charge < -0.3 is 20.1 Å². The van der Waals surface area contributed by atoms with Crippen molar-refractivity contribution in [1.29, 1.82) is 0 Å². The first kappa shape index (κ1) is 23.6. The van der Waals surface area contributed by atoms with Crippen molar-refractivity contribution in [1.82, 2.24) is 10.5 Å². The van der Waals surface area contributed by atoms with E-state index < -0.39 is 17.5 Å². The van der Waals surface area contributed by atoms with Crippen molar-refractivity contribution in [3.63, 3.8) is 0 Å². The maximum Gasteiger partial charge on any atom is 0.314 e. The van der Waals surface area contributed by atoms with Crippen molar-refractivity contribution < 1.29 is 19.5 Å². The normalized spacial score (nSPS) is 18.4. The number of carboxylic acids is 1. The summed E-state index contributed by atoms with van der Waals surface area (Å²) in [5.41, 5.74) is 7.15. The summed E-state index contributed by atoms with van der Waals surface area (Å²) < 4.78 is 5.67. The highest BCUT2D eigenvalue weighted by Crippen LogP contribution is 2.48. The minimum Gasteiger partial charge on any atom is -0.481 e. The number of benzene rings is 3. The molecule has 6 heteroatoms. The van der Waals surface area contributed by atoms with Crippen LogP contribution in [0.15, 0.2) is 77.3 Å². The maximum absolute atomic E-state index is 11.6. The molecule has 3 N–H and O–H groups in total. The number of hydrogen-bond acceptors (Lipinski definition) is 5. The fourth-order valence-corrected chi connectivity index (χ4v) is 5.65. The Labute approximate surface area is 216 Å². The molecule has 0 bridgehead atoms. The van der Waals surface area contributed by atoms with Crippen LogP contribution in [-0.2, 0) is 16.6 Å². The molecule has 2 aliphatic carbocycles. The maximum atomic E-state index is 11.6. The minimum absolute atomic E-state index is 0.241. The molecule has 0 aliphatic heterocycles. The Hall–Kier alpha value is -3.74. The smallest absolute Gasteiger partial charge is 0.314 e. The number of rotatable bonds is 8. The van der Waals surface area contributed by atoms with Gasteiger partial charge in [0.15, 0.2) is 5.76 Å². The summed E-state index contributed by atoms with van der Waals surface area (Å²) in [6, 6.07) is 24.5. The van der Waals surface area contributed by atoms with Crippen LogP contribution in [0.25, 0.3) is 22.5 Å². The van der Waals surface area contributed by atoms with Gasteiger partial charge in [-0.15, -0.1) is 0 Å². The molecule has 1 saturated carbocycles. The highest BCUT2D eigenvalue weighted by Gasteiger charge is 2.51. The zero-order chi connectivity index (χ0) is 25.6. The van der Waals surface area contributed by atoms with Crippen molar-refractivity contribution in [2.24, 2.45) is 0 Å². The lowest BCUT2D eigenvalue weighted by atomic mass is 9.93. The number of aryl methyl sites for hydroxylation is 2. The van der Waals surface area contributed by atoms with E-state index in [1.165, 1.54) is 11.1 Å². The Morgan fingerprint density at radius 1 is 1.03 bits per heavy atom. The van der Waals surface area contributed by atoms with Crippen molar-refractivity contribution in [2.45, 2.75) is 50.2 Å². The Bertz CT molecular complexity index is 1440. The number of carboxylic acid groups (broad SMARTS) is 1. The summed E-state index contributed by atoms with van der Waals surface area (Å²) in [5, 5.41) is 28.3. The van der Waals surface area contributed by atoms with E-state index in [0.717, 1.165) is 35.1 Å². The molecule has 1 aromatic heterocycles. The Kier molecular flexibility index (Phi) is 5.94. The monoisotopic (exact) mass is 494 g/mol. The second-order valence-electron chi connectivity index (χ2n) is 10.3. The standard InChI is InChI=1S/C31H30N2O4/c1-19-28(27(34)18-32-26-15-12-22-4-2-3-5-25(22)26)29(37-33-19)23-8-6-20(7-9-23)21-10-13-24(14-11-21)31(16-17-31)30(35)36/h2-11,13-14,26-27,32,34H,12,15-18H2,1H3,(H,35,36). The molecule has 0 amide bonds. The zero-order valence-electron chi connectivity index (χ0n) is 20.8. The second kappa shape index (κ2) is 9.29. The molecule has 0 saturated heterocycles. The van der Waals surface area contributed by atoms with Gasteiger partial charge in [-0.2, -0.15) is 0 Å².